The maximum Gasteiger partial charge on any atom is 0.288 e. The third-order valence-electron chi connectivity index (χ3n) is 4.18. The monoisotopic (exact) mass is 498 g/mol. The molecule has 1 heterocycles. The Kier molecular flexibility index (Phi) is 8.21. The Morgan fingerprint density at radius 3 is 2.48 bits per heavy atom. The molecule has 162 valence electrons. The lowest BCUT2D eigenvalue weighted by Gasteiger charge is -2.11. The van der Waals surface area contributed by atoms with Crippen LogP contribution in [-0.2, 0) is 6.54 Å². The number of aromatic nitrogens is 2. The molecule has 3 aromatic rings. The standard InChI is InChI=1S/C21H18Cl4N4O2/c1-2-9-31-14-5-3-13(4-6-14)10-26-28-18-11-27-29(21(30)20(18)25)12-15-16(22)7-8-17(23)19(15)24/h3-8,10-11,28H,2,9,12H2,1H3. The molecule has 31 heavy (non-hydrogen) atoms. The predicted molar refractivity (Wildman–Crippen MR) is 128 cm³/mol. The zero-order chi connectivity index (χ0) is 22.4. The van der Waals surface area contributed by atoms with Crippen molar-refractivity contribution < 1.29 is 4.74 Å². The van der Waals surface area contributed by atoms with E-state index in [9.17, 15) is 4.79 Å². The van der Waals surface area contributed by atoms with Gasteiger partial charge in [-0.05, 0) is 48.4 Å². The molecule has 0 spiro atoms. The van der Waals surface area contributed by atoms with E-state index in [1.165, 1.54) is 6.20 Å². The molecule has 0 atom stereocenters. The first-order chi connectivity index (χ1) is 14.9. The molecule has 1 aromatic heterocycles. The van der Waals surface area contributed by atoms with Crippen LogP contribution in [0, 0.1) is 0 Å². The number of benzene rings is 2. The van der Waals surface area contributed by atoms with Gasteiger partial charge in [-0.3, -0.25) is 10.2 Å². The number of hydrazone groups is 1. The highest BCUT2D eigenvalue weighted by molar-refractivity contribution is 6.44. The fourth-order valence-electron chi connectivity index (χ4n) is 2.57. The van der Waals surface area contributed by atoms with Crippen LogP contribution in [0.5, 0.6) is 5.75 Å². The van der Waals surface area contributed by atoms with Crippen LogP contribution in [-0.4, -0.2) is 22.6 Å². The van der Waals surface area contributed by atoms with Gasteiger partial charge in [0.25, 0.3) is 5.56 Å². The Hall–Kier alpha value is -2.25. The number of anilines is 1. The smallest absolute Gasteiger partial charge is 0.288 e. The van der Waals surface area contributed by atoms with Crippen LogP contribution in [0.15, 0.2) is 52.5 Å². The van der Waals surface area contributed by atoms with Gasteiger partial charge in [-0.1, -0.05) is 53.3 Å². The van der Waals surface area contributed by atoms with Crippen molar-refractivity contribution in [3.8, 4) is 5.75 Å². The van der Waals surface area contributed by atoms with Gasteiger partial charge >= 0.3 is 0 Å². The average Bonchev–Trinajstić information content (AvgIpc) is 2.77. The van der Waals surface area contributed by atoms with E-state index in [1.807, 2.05) is 31.2 Å². The van der Waals surface area contributed by atoms with Crippen LogP contribution >= 0.6 is 46.4 Å². The topological polar surface area (TPSA) is 68.5 Å². The second-order valence-corrected chi connectivity index (χ2v) is 8.01. The SMILES string of the molecule is CCCOc1ccc(C=NNc2cnn(Cc3c(Cl)ccc(Cl)c3Cl)c(=O)c2Cl)cc1. The van der Waals surface area contributed by atoms with E-state index >= 15 is 0 Å². The molecule has 2 aromatic carbocycles. The predicted octanol–water partition coefficient (Wildman–Crippen LogP) is 6.14. The number of nitrogens with one attached hydrogen (secondary N) is 1. The van der Waals surface area contributed by atoms with Gasteiger partial charge in [0.15, 0.2) is 0 Å². The lowest BCUT2D eigenvalue weighted by Crippen LogP contribution is -2.24. The Balaban J connectivity index is 1.72. The van der Waals surface area contributed by atoms with Gasteiger partial charge < -0.3 is 4.74 Å². The van der Waals surface area contributed by atoms with E-state index in [0.717, 1.165) is 22.4 Å². The summed E-state index contributed by atoms with van der Waals surface area (Å²) in [7, 11) is 0. The molecule has 0 amide bonds. The summed E-state index contributed by atoms with van der Waals surface area (Å²) in [5.41, 5.74) is 3.80. The van der Waals surface area contributed by atoms with E-state index in [1.54, 1.807) is 18.3 Å². The molecule has 0 saturated carbocycles. The van der Waals surface area contributed by atoms with E-state index in [4.69, 9.17) is 51.1 Å². The van der Waals surface area contributed by atoms with Crippen LogP contribution in [0.4, 0.5) is 5.69 Å². The zero-order valence-electron chi connectivity index (χ0n) is 16.4. The highest BCUT2D eigenvalue weighted by Gasteiger charge is 2.14. The summed E-state index contributed by atoms with van der Waals surface area (Å²) in [6.45, 7) is 2.74. The van der Waals surface area contributed by atoms with Gasteiger partial charge in [-0.2, -0.15) is 10.2 Å². The number of halogens is 4. The highest BCUT2D eigenvalue weighted by Crippen LogP contribution is 2.31. The van der Waals surface area contributed by atoms with Gasteiger partial charge in [0, 0.05) is 10.6 Å². The van der Waals surface area contributed by atoms with E-state index in [2.05, 4.69) is 15.6 Å². The third-order valence-corrected chi connectivity index (χ3v) is 5.75. The molecular weight excluding hydrogens is 482 g/mol. The summed E-state index contributed by atoms with van der Waals surface area (Å²) in [4.78, 5) is 12.6. The maximum absolute atomic E-state index is 12.6. The van der Waals surface area contributed by atoms with Crippen LogP contribution < -0.4 is 15.7 Å². The summed E-state index contributed by atoms with van der Waals surface area (Å²) >= 11 is 24.6. The van der Waals surface area contributed by atoms with Crippen molar-refractivity contribution in [3.05, 3.63) is 84.2 Å². The number of hydrogen-bond acceptors (Lipinski definition) is 5. The van der Waals surface area contributed by atoms with Crippen molar-refractivity contribution in [2.75, 3.05) is 12.0 Å². The first-order valence-electron chi connectivity index (χ1n) is 9.30. The highest BCUT2D eigenvalue weighted by atomic mass is 35.5. The minimum Gasteiger partial charge on any atom is -0.494 e. The molecular formula is C21H18Cl4N4O2. The molecule has 0 fully saturated rings. The largest absolute Gasteiger partial charge is 0.494 e. The maximum atomic E-state index is 12.6. The summed E-state index contributed by atoms with van der Waals surface area (Å²) in [6, 6.07) is 10.6. The van der Waals surface area contributed by atoms with Crippen LogP contribution in [0.3, 0.4) is 0 Å². The first-order valence-corrected chi connectivity index (χ1v) is 10.8. The minimum absolute atomic E-state index is 0.0206. The van der Waals surface area contributed by atoms with Gasteiger partial charge in [0.05, 0.1) is 35.6 Å². The first kappa shape index (κ1) is 23.4. The Morgan fingerprint density at radius 1 is 1.06 bits per heavy atom. The van der Waals surface area contributed by atoms with Crippen molar-refractivity contribution in [3.63, 3.8) is 0 Å². The molecule has 0 unspecified atom stereocenters. The van der Waals surface area contributed by atoms with Crippen LogP contribution in [0.2, 0.25) is 20.1 Å². The Labute approximate surface area is 199 Å². The Morgan fingerprint density at radius 2 is 1.77 bits per heavy atom. The molecule has 1 N–H and O–H groups in total. The molecule has 6 nitrogen and oxygen atoms in total. The van der Waals surface area contributed by atoms with E-state index in [-0.39, 0.29) is 22.3 Å². The van der Waals surface area contributed by atoms with E-state index < -0.39 is 5.56 Å². The second kappa shape index (κ2) is 10.9. The average molecular weight is 500 g/mol. The molecule has 0 radical (unpaired) electrons. The number of rotatable bonds is 8. The van der Waals surface area contributed by atoms with Gasteiger partial charge in [-0.15, -0.1) is 0 Å². The normalized spacial score (nSPS) is 11.1. The van der Waals surface area contributed by atoms with Gasteiger partial charge in [0.1, 0.15) is 16.5 Å². The lowest BCUT2D eigenvalue weighted by molar-refractivity contribution is 0.317. The van der Waals surface area contributed by atoms with Gasteiger partial charge in [0.2, 0.25) is 0 Å². The van der Waals surface area contributed by atoms with Crippen molar-refractivity contribution in [2.24, 2.45) is 5.10 Å². The minimum atomic E-state index is -0.522. The summed E-state index contributed by atoms with van der Waals surface area (Å²) < 4.78 is 6.69. The molecule has 0 saturated heterocycles. The Bertz CT molecular complexity index is 1150. The zero-order valence-corrected chi connectivity index (χ0v) is 19.4. The fraction of sp³-hybridized carbons (Fsp3) is 0.190. The number of nitrogens with zero attached hydrogens (tertiary/aromatic N) is 3. The van der Waals surface area contributed by atoms with Crippen molar-refractivity contribution in [1.82, 2.24) is 9.78 Å². The van der Waals surface area contributed by atoms with Crippen molar-refractivity contribution in [2.45, 2.75) is 19.9 Å². The van der Waals surface area contributed by atoms with Crippen molar-refractivity contribution >= 4 is 58.3 Å². The molecule has 0 aliphatic heterocycles. The molecule has 0 bridgehead atoms. The quantitative estimate of drug-likeness (QED) is 0.229. The molecule has 0 aliphatic rings. The fourth-order valence-corrected chi connectivity index (χ4v) is 3.42. The summed E-state index contributed by atoms with van der Waals surface area (Å²) in [6.07, 6.45) is 3.94. The van der Waals surface area contributed by atoms with Crippen LogP contribution in [0.25, 0.3) is 0 Å². The van der Waals surface area contributed by atoms with Crippen molar-refractivity contribution in [1.29, 1.82) is 0 Å². The third kappa shape index (κ3) is 5.92. The molecule has 0 aliphatic carbocycles. The summed E-state index contributed by atoms with van der Waals surface area (Å²) in [5, 5.41) is 9.13. The van der Waals surface area contributed by atoms with Crippen LogP contribution in [0.1, 0.15) is 24.5 Å². The number of hydrogen-bond donors (Lipinski definition) is 1. The molecule has 10 heteroatoms. The summed E-state index contributed by atoms with van der Waals surface area (Å²) in [5.74, 6) is 0.794. The number of ether oxygens (including phenoxy) is 1. The van der Waals surface area contributed by atoms with E-state index in [0.29, 0.717) is 22.2 Å². The van der Waals surface area contributed by atoms with Gasteiger partial charge in [-0.25, -0.2) is 4.68 Å². The second-order valence-electron chi connectivity index (χ2n) is 6.44. The lowest BCUT2D eigenvalue weighted by atomic mass is 10.2. The molecule has 3 rings (SSSR count).